The van der Waals surface area contributed by atoms with E-state index in [0.717, 1.165) is 167 Å². The van der Waals surface area contributed by atoms with Gasteiger partial charge < -0.3 is 14.2 Å². The van der Waals surface area contributed by atoms with Crippen LogP contribution in [0.4, 0.5) is 0 Å². The lowest BCUT2D eigenvalue weighted by Gasteiger charge is -2.18. The maximum Gasteiger partial charge on any atom is 0.306 e. The van der Waals surface area contributed by atoms with Gasteiger partial charge in [-0.25, -0.2) is 0 Å². The summed E-state index contributed by atoms with van der Waals surface area (Å²) in [5, 5.41) is 0. The molecule has 466 valence electrons. The molecule has 6 heteroatoms. The fraction of sp³-hybridized carbons (Fsp3) is 0.597. The SMILES string of the molecule is CC/C=C\C/C=C\C/C=C\C/C=C\C/C=C\C/C=C\CCCCCCCCCCCCCCC(=O)OCC(COC(=O)CCCCCCC/C=C\C/C=C\C/C=C\CC)OC(=O)CCCCC/C=C\C/C=C\C/C=C\C/C=C\C/C=C\CC. The van der Waals surface area contributed by atoms with Crippen LogP contribution in [-0.4, -0.2) is 37.2 Å². The average molecular weight is 1140 g/mol. The Morgan fingerprint density at radius 2 is 0.434 bits per heavy atom. The molecule has 0 aromatic rings. The number of ether oxygens (including phenoxy) is 3. The first-order valence-electron chi connectivity index (χ1n) is 33.6. The summed E-state index contributed by atoms with van der Waals surface area (Å²) in [4.78, 5) is 38.4. The summed E-state index contributed by atoms with van der Waals surface area (Å²) >= 11 is 0. The summed E-state index contributed by atoms with van der Waals surface area (Å²) in [7, 11) is 0. The monoisotopic (exact) mass is 1140 g/mol. The van der Waals surface area contributed by atoms with E-state index in [1.165, 1.54) is 64.2 Å². The Morgan fingerprint density at radius 1 is 0.241 bits per heavy atom. The lowest BCUT2D eigenvalue weighted by atomic mass is 10.0. The smallest absolute Gasteiger partial charge is 0.306 e. The Bertz CT molecular complexity index is 1890. The van der Waals surface area contributed by atoms with Crippen LogP contribution in [0.25, 0.3) is 0 Å². The molecule has 0 radical (unpaired) electrons. The van der Waals surface area contributed by atoms with Gasteiger partial charge in [-0.1, -0.05) is 281 Å². The van der Waals surface area contributed by atoms with Crippen molar-refractivity contribution in [3.05, 3.63) is 170 Å². The van der Waals surface area contributed by atoms with Crippen molar-refractivity contribution in [3.63, 3.8) is 0 Å². The molecular formula is C77H122O6. The van der Waals surface area contributed by atoms with Crippen molar-refractivity contribution in [1.29, 1.82) is 0 Å². The molecule has 0 aliphatic carbocycles. The van der Waals surface area contributed by atoms with Crippen LogP contribution in [0.5, 0.6) is 0 Å². The second-order valence-electron chi connectivity index (χ2n) is 21.6. The van der Waals surface area contributed by atoms with Crippen LogP contribution < -0.4 is 0 Å². The van der Waals surface area contributed by atoms with Gasteiger partial charge in [-0.2, -0.15) is 0 Å². The first-order chi connectivity index (χ1) is 41.0. The number of carbonyl (C=O) groups is 3. The van der Waals surface area contributed by atoms with Gasteiger partial charge in [-0.05, 0) is 148 Å². The molecule has 0 heterocycles. The second-order valence-corrected chi connectivity index (χ2v) is 21.6. The Kier molecular flexibility index (Phi) is 64.9. The minimum absolute atomic E-state index is 0.105. The molecule has 0 fully saturated rings. The van der Waals surface area contributed by atoms with Crippen molar-refractivity contribution >= 4 is 17.9 Å². The van der Waals surface area contributed by atoms with Crippen molar-refractivity contribution < 1.29 is 28.6 Å². The number of unbranched alkanes of at least 4 members (excludes halogenated alkanes) is 20. The van der Waals surface area contributed by atoms with E-state index in [9.17, 15) is 14.4 Å². The number of hydrogen-bond donors (Lipinski definition) is 0. The summed E-state index contributed by atoms with van der Waals surface area (Å²) in [5.74, 6) is -0.958. The average Bonchev–Trinajstić information content (AvgIpc) is 3.49. The first-order valence-corrected chi connectivity index (χ1v) is 33.6. The first kappa shape index (κ1) is 77.8. The predicted molar refractivity (Wildman–Crippen MR) is 361 cm³/mol. The predicted octanol–water partition coefficient (Wildman–Crippen LogP) is 23.4. The lowest BCUT2D eigenvalue weighted by Crippen LogP contribution is -2.30. The second kappa shape index (κ2) is 69.3. The van der Waals surface area contributed by atoms with Gasteiger partial charge in [0.15, 0.2) is 6.10 Å². The molecule has 1 atom stereocenters. The summed E-state index contributed by atoms with van der Waals surface area (Å²) in [6, 6.07) is 0. The van der Waals surface area contributed by atoms with Crippen LogP contribution in [0.2, 0.25) is 0 Å². The summed E-state index contributed by atoms with van der Waals surface area (Å²) in [5.41, 5.74) is 0. The minimum atomic E-state index is -0.813. The Balaban J connectivity index is 4.37. The third-order valence-electron chi connectivity index (χ3n) is 13.7. The van der Waals surface area contributed by atoms with E-state index in [2.05, 4.69) is 191 Å². The van der Waals surface area contributed by atoms with Crippen molar-refractivity contribution in [3.8, 4) is 0 Å². The molecule has 0 aromatic heterocycles. The van der Waals surface area contributed by atoms with Crippen LogP contribution in [0.1, 0.15) is 278 Å². The summed E-state index contributed by atoms with van der Waals surface area (Å²) in [6.45, 7) is 6.26. The highest BCUT2D eigenvalue weighted by Crippen LogP contribution is 2.15. The van der Waals surface area contributed by atoms with Gasteiger partial charge in [0.05, 0.1) is 0 Å². The van der Waals surface area contributed by atoms with Crippen LogP contribution >= 0.6 is 0 Å². The van der Waals surface area contributed by atoms with Gasteiger partial charge in [0.25, 0.3) is 0 Å². The van der Waals surface area contributed by atoms with Crippen molar-refractivity contribution in [2.45, 2.75) is 284 Å². The highest BCUT2D eigenvalue weighted by atomic mass is 16.6. The molecule has 1 unspecified atom stereocenters. The van der Waals surface area contributed by atoms with Crippen LogP contribution in [0.3, 0.4) is 0 Å². The van der Waals surface area contributed by atoms with Crippen LogP contribution in [-0.2, 0) is 28.6 Å². The molecular weight excluding hydrogens is 1020 g/mol. The Labute approximate surface area is 511 Å². The number of carbonyl (C=O) groups excluding carboxylic acids is 3. The van der Waals surface area contributed by atoms with E-state index in [1.807, 2.05) is 0 Å². The lowest BCUT2D eigenvalue weighted by molar-refractivity contribution is -0.167. The van der Waals surface area contributed by atoms with E-state index in [4.69, 9.17) is 14.2 Å². The van der Waals surface area contributed by atoms with Crippen molar-refractivity contribution in [1.82, 2.24) is 0 Å². The van der Waals surface area contributed by atoms with Gasteiger partial charge in [-0.3, -0.25) is 14.4 Å². The highest BCUT2D eigenvalue weighted by Gasteiger charge is 2.19. The molecule has 0 aromatic carbocycles. The topological polar surface area (TPSA) is 78.9 Å². The zero-order chi connectivity index (χ0) is 59.9. The largest absolute Gasteiger partial charge is 0.462 e. The Hall–Kier alpha value is -5.23. The van der Waals surface area contributed by atoms with E-state index in [-0.39, 0.29) is 37.5 Å². The standard InChI is InChI=1S/C77H122O6/c1-4-7-10-13-16-19-22-25-28-30-32-33-34-35-36-37-38-39-40-41-42-43-45-46-49-52-55-58-61-64-67-70-76(79)82-73-74(72-81-75(78)69-66-63-60-57-54-51-48-27-24-21-18-15-12-9-6-3)83-77(80)71-68-65-62-59-56-53-50-47-44-31-29-26-23-20-17-14-11-8-5-2/h7-12,16-21,25-29,32-33,35-36,38-39,44,47-48,53,56,74H,4-6,13-15,22-24,30-31,34,37,40-43,45-46,49-52,54-55,57-73H2,1-3H3/b10-7-,11-8-,12-9-,19-16-,20-17-,21-18-,28-25-,29-26-,33-32-,36-35-,39-38-,47-44-,48-27-,56-53-. The van der Waals surface area contributed by atoms with Crippen LogP contribution in [0.15, 0.2) is 170 Å². The number of hydrogen-bond acceptors (Lipinski definition) is 6. The van der Waals surface area contributed by atoms with Gasteiger partial charge in [-0.15, -0.1) is 0 Å². The molecule has 0 spiro atoms. The molecule has 83 heavy (non-hydrogen) atoms. The van der Waals surface area contributed by atoms with Gasteiger partial charge in [0.2, 0.25) is 0 Å². The van der Waals surface area contributed by atoms with E-state index in [0.29, 0.717) is 19.3 Å². The van der Waals surface area contributed by atoms with E-state index in [1.54, 1.807) is 0 Å². The molecule has 0 amide bonds. The fourth-order valence-corrected chi connectivity index (χ4v) is 8.78. The molecule has 0 rings (SSSR count). The molecule has 0 saturated heterocycles. The molecule has 0 aliphatic heterocycles. The maximum absolute atomic E-state index is 12.9. The van der Waals surface area contributed by atoms with Gasteiger partial charge >= 0.3 is 17.9 Å². The highest BCUT2D eigenvalue weighted by molar-refractivity contribution is 5.71. The van der Waals surface area contributed by atoms with Crippen LogP contribution in [0, 0.1) is 0 Å². The quantitative estimate of drug-likeness (QED) is 0.0261. The number of allylic oxidation sites excluding steroid dienone is 28. The third-order valence-corrected chi connectivity index (χ3v) is 13.7. The zero-order valence-electron chi connectivity index (χ0n) is 53.4. The Morgan fingerprint density at radius 3 is 0.687 bits per heavy atom. The minimum Gasteiger partial charge on any atom is -0.462 e. The zero-order valence-corrected chi connectivity index (χ0v) is 53.4. The number of rotatable bonds is 59. The summed E-state index contributed by atoms with van der Waals surface area (Å²) in [6.07, 6.45) is 102. The molecule has 6 nitrogen and oxygen atoms in total. The van der Waals surface area contributed by atoms with E-state index >= 15 is 0 Å². The molecule has 0 saturated carbocycles. The third kappa shape index (κ3) is 67.4. The number of esters is 3. The molecule has 0 aliphatic rings. The van der Waals surface area contributed by atoms with Crippen molar-refractivity contribution in [2.75, 3.05) is 13.2 Å². The van der Waals surface area contributed by atoms with Gasteiger partial charge in [0, 0.05) is 19.3 Å². The van der Waals surface area contributed by atoms with Gasteiger partial charge in [0.1, 0.15) is 13.2 Å². The summed E-state index contributed by atoms with van der Waals surface area (Å²) < 4.78 is 16.9. The fourth-order valence-electron chi connectivity index (χ4n) is 8.78. The molecule has 0 bridgehead atoms. The van der Waals surface area contributed by atoms with E-state index < -0.39 is 6.10 Å². The van der Waals surface area contributed by atoms with Crippen molar-refractivity contribution in [2.24, 2.45) is 0 Å². The normalized spacial score (nSPS) is 13.2. The molecule has 0 N–H and O–H groups in total. The maximum atomic E-state index is 12.9.